The van der Waals surface area contributed by atoms with Gasteiger partial charge in [-0.25, -0.2) is 4.79 Å². The number of benzene rings is 1. The van der Waals surface area contributed by atoms with Crippen LogP contribution in [0.1, 0.15) is 74.2 Å². The second-order valence-corrected chi connectivity index (χ2v) is 10.6. The van der Waals surface area contributed by atoms with Crippen molar-refractivity contribution in [2.75, 3.05) is 26.3 Å². The Morgan fingerprint density at radius 3 is 2.32 bits per heavy atom. The van der Waals surface area contributed by atoms with Gasteiger partial charge in [-0.15, -0.1) is 0 Å². The first-order valence-corrected chi connectivity index (χ1v) is 12.8. The summed E-state index contributed by atoms with van der Waals surface area (Å²) in [6, 6.07) is 7.71. The summed E-state index contributed by atoms with van der Waals surface area (Å²) < 4.78 is 5.27. The number of hydrogen-bond donors (Lipinski definition) is 2. The molecule has 1 aromatic rings. The lowest BCUT2D eigenvalue weighted by molar-refractivity contribution is -0.132. The molecule has 4 aliphatic rings. The average molecular weight is 469 g/mol. The quantitative estimate of drug-likeness (QED) is 0.711. The first kappa shape index (κ1) is 23.1. The summed E-state index contributed by atoms with van der Waals surface area (Å²) in [7, 11) is 0. The number of hydrogen-bond acceptors (Lipinski definition) is 4. The lowest BCUT2D eigenvalue weighted by Gasteiger charge is -2.56. The van der Waals surface area contributed by atoms with Crippen LogP contribution in [0.4, 0.5) is 4.79 Å². The van der Waals surface area contributed by atoms with Crippen molar-refractivity contribution >= 4 is 17.8 Å². The molecule has 3 fully saturated rings. The maximum Gasteiger partial charge on any atom is 0.317 e. The molecule has 5 rings (SSSR count). The first-order valence-electron chi connectivity index (χ1n) is 12.8. The van der Waals surface area contributed by atoms with Gasteiger partial charge in [0, 0.05) is 30.7 Å². The van der Waals surface area contributed by atoms with Crippen LogP contribution < -0.4 is 10.6 Å². The van der Waals surface area contributed by atoms with Crippen LogP contribution >= 0.6 is 0 Å². The lowest BCUT2D eigenvalue weighted by Crippen LogP contribution is -2.68. The zero-order chi connectivity index (χ0) is 23.9. The summed E-state index contributed by atoms with van der Waals surface area (Å²) in [4.78, 5) is 44.2. The third kappa shape index (κ3) is 3.96. The van der Waals surface area contributed by atoms with Crippen LogP contribution in [-0.2, 0) is 9.53 Å². The van der Waals surface area contributed by atoms with Gasteiger partial charge in [-0.05, 0) is 51.2 Å². The number of carbonyl (C=O) groups excluding carboxylic acids is 3. The molecule has 2 N–H and O–H groups in total. The van der Waals surface area contributed by atoms with E-state index in [0.717, 1.165) is 18.4 Å². The summed E-state index contributed by atoms with van der Waals surface area (Å²) in [5.74, 6) is -0.558. The predicted octanol–water partition coefficient (Wildman–Crippen LogP) is 2.64. The molecule has 1 unspecified atom stereocenters. The number of carbonyl (C=O) groups is 3. The molecule has 1 spiro atoms. The zero-order valence-electron chi connectivity index (χ0n) is 20.2. The van der Waals surface area contributed by atoms with Crippen LogP contribution in [0, 0.1) is 0 Å². The molecule has 1 atom stereocenters. The topological polar surface area (TPSA) is 91.0 Å². The first-order chi connectivity index (χ1) is 16.4. The van der Waals surface area contributed by atoms with Crippen LogP contribution in [-0.4, -0.2) is 77.6 Å². The monoisotopic (exact) mass is 468 g/mol. The van der Waals surface area contributed by atoms with E-state index in [1.165, 1.54) is 12.8 Å². The Balaban J connectivity index is 1.45. The van der Waals surface area contributed by atoms with Crippen LogP contribution in [0.2, 0.25) is 0 Å². The molecule has 1 saturated carbocycles. The minimum absolute atomic E-state index is 0.0131. The SMILES string of the molecule is CC(C)N1C(=O)c2ccccc2C(C(=O)NC2COC2)C12CCN(C(=O)NC1CCCC1)CC2. The number of fused-ring (bicyclic) bond motifs is 1. The number of rotatable bonds is 4. The third-order valence-electron chi connectivity index (χ3n) is 8.10. The number of nitrogens with zero attached hydrogens (tertiary/aromatic N) is 2. The molecule has 1 aromatic carbocycles. The molecule has 34 heavy (non-hydrogen) atoms. The van der Waals surface area contributed by atoms with Crippen molar-refractivity contribution < 1.29 is 19.1 Å². The molecular weight excluding hydrogens is 432 g/mol. The van der Waals surface area contributed by atoms with Crippen molar-refractivity contribution in [2.45, 2.75) is 82.0 Å². The summed E-state index contributed by atoms with van der Waals surface area (Å²) >= 11 is 0. The van der Waals surface area contributed by atoms with Crippen LogP contribution in [0.5, 0.6) is 0 Å². The number of ether oxygens (including phenoxy) is 1. The van der Waals surface area contributed by atoms with Crippen molar-refractivity contribution in [1.29, 1.82) is 0 Å². The fourth-order valence-electron chi connectivity index (χ4n) is 6.40. The highest BCUT2D eigenvalue weighted by molar-refractivity contribution is 6.02. The second-order valence-electron chi connectivity index (χ2n) is 10.6. The number of nitrogens with one attached hydrogen (secondary N) is 2. The third-order valence-corrected chi connectivity index (χ3v) is 8.10. The molecule has 0 radical (unpaired) electrons. The Hall–Kier alpha value is -2.61. The molecule has 0 aromatic heterocycles. The average Bonchev–Trinajstić information content (AvgIpc) is 3.29. The van der Waals surface area contributed by atoms with E-state index in [4.69, 9.17) is 4.74 Å². The Morgan fingerprint density at radius 1 is 1.03 bits per heavy atom. The number of likely N-dealkylation sites (tertiary alicyclic amines) is 1. The van der Waals surface area contributed by atoms with Gasteiger partial charge in [0.2, 0.25) is 5.91 Å². The Bertz CT molecular complexity index is 946. The Kier molecular flexibility index (Phi) is 6.27. The van der Waals surface area contributed by atoms with E-state index in [2.05, 4.69) is 10.6 Å². The molecule has 4 amide bonds. The zero-order valence-corrected chi connectivity index (χ0v) is 20.2. The van der Waals surface area contributed by atoms with Gasteiger partial charge >= 0.3 is 6.03 Å². The molecule has 8 heteroatoms. The van der Waals surface area contributed by atoms with Crippen LogP contribution in [0.3, 0.4) is 0 Å². The second kappa shape index (κ2) is 9.21. The van der Waals surface area contributed by atoms with Gasteiger partial charge in [0.25, 0.3) is 5.91 Å². The maximum absolute atomic E-state index is 13.8. The number of urea groups is 1. The fraction of sp³-hybridized carbons (Fsp3) is 0.654. The van der Waals surface area contributed by atoms with E-state index in [1.807, 2.05) is 47.9 Å². The largest absolute Gasteiger partial charge is 0.377 e. The molecule has 3 heterocycles. The van der Waals surface area contributed by atoms with Gasteiger partial charge in [0.15, 0.2) is 0 Å². The lowest BCUT2D eigenvalue weighted by atomic mass is 9.66. The van der Waals surface area contributed by atoms with E-state index in [9.17, 15) is 14.4 Å². The van der Waals surface area contributed by atoms with Gasteiger partial charge in [-0.1, -0.05) is 31.0 Å². The molecule has 8 nitrogen and oxygen atoms in total. The van der Waals surface area contributed by atoms with E-state index in [1.54, 1.807) is 0 Å². The van der Waals surface area contributed by atoms with E-state index in [0.29, 0.717) is 44.7 Å². The van der Waals surface area contributed by atoms with Crippen molar-refractivity contribution in [3.05, 3.63) is 35.4 Å². The van der Waals surface area contributed by atoms with E-state index < -0.39 is 11.5 Å². The van der Waals surface area contributed by atoms with Gasteiger partial charge in [0.1, 0.15) is 0 Å². The Morgan fingerprint density at radius 2 is 1.71 bits per heavy atom. The van der Waals surface area contributed by atoms with Crippen LogP contribution in [0.15, 0.2) is 24.3 Å². The summed E-state index contributed by atoms with van der Waals surface area (Å²) in [5, 5.41) is 6.35. The van der Waals surface area contributed by atoms with Crippen molar-refractivity contribution in [3.8, 4) is 0 Å². The van der Waals surface area contributed by atoms with Gasteiger partial charge in [0.05, 0.1) is 30.7 Å². The highest BCUT2D eigenvalue weighted by Gasteiger charge is 2.56. The number of piperidine rings is 1. The van der Waals surface area contributed by atoms with Gasteiger partial charge < -0.3 is 25.2 Å². The van der Waals surface area contributed by atoms with E-state index >= 15 is 0 Å². The van der Waals surface area contributed by atoms with Gasteiger partial charge in [-0.3, -0.25) is 9.59 Å². The molecule has 3 aliphatic heterocycles. The fourth-order valence-corrected chi connectivity index (χ4v) is 6.40. The summed E-state index contributed by atoms with van der Waals surface area (Å²) in [6.45, 7) is 6.12. The summed E-state index contributed by atoms with van der Waals surface area (Å²) in [5.41, 5.74) is 0.734. The minimum Gasteiger partial charge on any atom is -0.377 e. The van der Waals surface area contributed by atoms with Crippen LogP contribution in [0.25, 0.3) is 0 Å². The summed E-state index contributed by atoms with van der Waals surface area (Å²) in [6.07, 6.45) is 5.57. The maximum atomic E-state index is 13.8. The van der Waals surface area contributed by atoms with E-state index in [-0.39, 0.29) is 36.0 Å². The minimum atomic E-state index is -0.668. The molecule has 0 bridgehead atoms. The molecule has 1 aliphatic carbocycles. The smallest absolute Gasteiger partial charge is 0.317 e. The predicted molar refractivity (Wildman–Crippen MR) is 128 cm³/mol. The molecular formula is C26H36N4O4. The highest BCUT2D eigenvalue weighted by atomic mass is 16.5. The standard InChI is InChI=1S/C26H36N4O4/c1-17(2)30-24(32)21-10-6-5-9-20(21)22(23(31)27-19-15-34-16-19)26(30)11-13-29(14-12-26)25(33)28-18-7-3-4-8-18/h5-6,9-10,17-19,22H,3-4,7-8,11-16H2,1-2H3,(H,27,31)(H,28,33). The van der Waals surface area contributed by atoms with Crippen molar-refractivity contribution in [3.63, 3.8) is 0 Å². The highest BCUT2D eigenvalue weighted by Crippen LogP contribution is 2.48. The molecule has 184 valence electrons. The Labute approximate surface area is 201 Å². The number of amides is 4. The van der Waals surface area contributed by atoms with Crippen molar-refractivity contribution in [1.82, 2.24) is 20.4 Å². The van der Waals surface area contributed by atoms with Gasteiger partial charge in [-0.2, -0.15) is 0 Å². The van der Waals surface area contributed by atoms with Crippen molar-refractivity contribution in [2.24, 2.45) is 0 Å². The normalized spacial score (nSPS) is 24.8. The molecule has 2 saturated heterocycles.